The average Bonchev–Trinajstić information content (AvgIpc) is 3.08. The molecule has 3 rings (SSSR count). The molecule has 0 unspecified atom stereocenters. The zero-order valence-electron chi connectivity index (χ0n) is 11.1. The number of nitrogens with two attached hydrogens (primary N) is 1. The highest BCUT2D eigenvalue weighted by Crippen LogP contribution is 2.39. The molecule has 2 aromatic rings. The first-order valence-corrected chi connectivity index (χ1v) is 7.31. The smallest absolute Gasteiger partial charge is 0.215 e. The van der Waals surface area contributed by atoms with E-state index in [0.29, 0.717) is 6.04 Å². The molecule has 1 saturated carbocycles. The third kappa shape index (κ3) is 2.32. The Kier molecular flexibility index (Phi) is 3.17. The van der Waals surface area contributed by atoms with Crippen LogP contribution in [0.5, 0.6) is 0 Å². The maximum Gasteiger partial charge on any atom is 0.215 e. The van der Waals surface area contributed by atoms with E-state index in [1.54, 1.807) is 0 Å². The van der Waals surface area contributed by atoms with Crippen LogP contribution in [0.15, 0.2) is 10.2 Å². The van der Waals surface area contributed by atoms with Gasteiger partial charge in [-0.15, -0.1) is 5.10 Å². The van der Waals surface area contributed by atoms with Gasteiger partial charge in [0.05, 0.1) is 17.4 Å². The molecule has 0 atom stereocenters. The molecular weight excluding hydrogens is 262 g/mol. The number of nitrogens with zero attached hydrogens (tertiary/aromatic N) is 6. The van der Waals surface area contributed by atoms with E-state index in [1.165, 1.54) is 11.8 Å². The molecule has 0 spiro atoms. The van der Waals surface area contributed by atoms with E-state index in [1.807, 2.05) is 16.3 Å². The summed E-state index contributed by atoms with van der Waals surface area (Å²) in [7, 11) is 0. The summed E-state index contributed by atoms with van der Waals surface area (Å²) in [6.45, 7) is 4.90. The lowest BCUT2D eigenvalue weighted by Gasteiger charge is -2.06. The second kappa shape index (κ2) is 4.84. The Morgan fingerprint density at radius 1 is 1.42 bits per heavy atom. The summed E-state index contributed by atoms with van der Waals surface area (Å²) in [4.78, 5) is 0. The van der Waals surface area contributed by atoms with Gasteiger partial charge in [-0.2, -0.15) is 5.10 Å². The van der Waals surface area contributed by atoms with Crippen LogP contribution < -0.4 is 5.73 Å². The molecule has 1 aliphatic carbocycles. The van der Waals surface area contributed by atoms with Crippen molar-refractivity contribution in [3.8, 4) is 0 Å². The molecule has 1 fully saturated rings. The van der Waals surface area contributed by atoms with Crippen molar-refractivity contribution in [3.63, 3.8) is 0 Å². The van der Waals surface area contributed by atoms with Crippen molar-refractivity contribution in [2.75, 3.05) is 5.73 Å². The average molecular weight is 279 g/mol. The summed E-state index contributed by atoms with van der Waals surface area (Å²) in [6.07, 6.45) is 3.32. The minimum Gasteiger partial charge on any atom is -0.395 e. The maximum absolute atomic E-state index is 6.11. The van der Waals surface area contributed by atoms with E-state index in [-0.39, 0.29) is 0 Å². The van der Waals surface area contributed by atoms with Crippen LogP contribution in [0.3, 0.4) is 0 Å². The Hall–Kier alpha value is -1.57. The molecule has 102 valence electrons. The fraction of sp³-hybridized carbons (Fsp3) is 0.636. The standard InChI is InChI=1S/C11H17N7S/c1-3-6-17-10(9(12)7(2)14-17)19-11-13-15-16-18(11)8-4-5-8/h8H,3-6,12H2,1-2H3. The molecule has 7 nitrogen and oxygen atoms in total. The number of aryl methyl sites for hydroxylation is 2. The molecule has 0 amide bonds. The molecule has 0 radical (unpaired) electrons. The predicted molar refractivity (Wildman–Crippen MR) is 71.9 cm³/mol. The number of aromatic nitrogens is 6. The lowest BCUT2D eigenvalue weighted by molar-refractivity contribution is 0.548. The van der Waals surface area contributed by atoms with Gasteiger partial charge in [0, 0.05) is 6.54 Å². The van der Waals surface area contributed by atoms with Gasteiger partial charge in [-0.05, 0) is 48.4 Å². The highest BCUT2D eigenvalue weighted by Gasteiger charge is 2.29. The number of anilines is 1. The predicted octanol–water partition coefficient (Wildman–Crippen LogP) is 1.66. The van der Waals surface area contributed by atoms with Gasteiger partial charge in [-0.1, -0.05) is 6.92 Å². The largest absolute Gasteiger partial charge is 0.395 e. The Morgan fingerprint density at radius 2 is 2.21 bits per heavy atom. The maximum atomic E-state index is 6.11. The van der Waals surface area contributed by atoms with Crippen LogP contribution in [0, 0.1) is 6.92 Å². The van der Waals surface area contributed by atoms with Gasteiger partial charge < -0.3 is 5.73 Å². The molecule has 0 bridgehead atoms. The van der Waals surface area contributed by atoms with Gasteiger partial charge >= 0.3 is 0 Å². The van der Waals surface area contributed by atoms with Crippen molar-refractivity contribution in [1.29, 1.82) is 0 Å². The fourth-order valence-corrected chi connectivity index (χ4v) is 2.96. The van der Waals surface area contributed by atoms with Crippen molar-refractivity contribution >= 4 is 17.4 Å². The monoisotopic (exact) mass is 279 g/mol. The van der Waals surface area contributed by atoms with E-state index in [2.05, 4.69) is 27.5 Å². The highest BCUT2D eigenvalue weighted by atomic mass is 32.2. The normalized spacial score (nSPS) is 15.1. The lowest BCUT2D eigenvalue weighted by Crippen LogP contribution is -2.03. The van der Waals surface area contributed by atoms with Crippen molar-refractivity contribution < 1.29 is 0 Å². The molecule has 2 N–H and O–H groups in total. The van der Waals surface area contributed by atoms with Gasteiger partial charge in [0.2, 0.25) is 5.16 Å². The Morgan fingerprint density at radius 3 is 2.89 bits per heavy atom. The summed E-state index contributed by atoms with van der Waals surface area (Å²) >= 11 is 1.51. The van der Waals surface area contributed by atoms with Crippen LogP contribution in [0.25, 0.3) is 0 Å². The zero-order chi connectivity index (χ0) is 13.4. The van der Waals surface area contributed by atoms with Crippen molar-refractivity contribution in [2.45, 2.75) is 55.9 Å². The number of hydrogen-bond donors (Lipinski definition) is 1. The highest BCUT2D eigenvalue weighted by molar-refractivity contribution is 7.99. The Bertz CT molecular complexity index is 584. The minimum absolute atomic E-state index is 0.461. The van der Waals surface area contributed by atoms with E-state index in [0.717, 1.165) is 47.4 Å². The Balaban J connectivity index is 1.91. The van der Waals surface area contributed by atoms with Crippen molar-refractivity contribution in [1.82, 2.24) is 30.0 Å². The molecule has 0 aromatic carbocycles. The van der Waals surface area contributed by atoms with Gasteiger partial charge in [0.25, 0.3) is 0 Å². The second-order valence-corrected chi connectivity index (χ2v) is 5.72. The first kappa shape index (κ1) is 12.5. The van der Waals surface area contributed by atoms with Gasteiger partial charge in [-0.3, -0.25) is 4.68 Å². The molecule has 19 heavy (non-hydrogen) atoms. The number of nitrogen functional groups attached to an aromatic ring is 1. The third-order valence-electron chi connectivity index (χ3n) is 3.10. The zero-order valence-corrected chi connectivity index (χ0v) is 11.9. The molecule has 2 heterocycles. The van der Waals surface area contributed by atoms with Crippen molar-refractivity contribution in [2.24, 2.45) is 0 Å². The molecule has 0 aliphatic heterocycles. The van der Waals surface area contributed by atoms with Crippen molar-refractivity contribution in [3.05, 3.63) is 5.69 Å². The fourth-order valence-electron chi connectivity index (χ4n) is 1.93. The summed E-state index contributed by atoms with van der Waals surface area (Å²) < 4.78 is 3.84. The quantitative estimate of drug-likeness (QED) is 0.895. The van der Waals surface area contributed by atoms with Gasteiger partial charge in [-0.25, -0.2) is 4.68 Å². The van der Waals surface area contributed by atoms with Crippen LogP contribution in [0.2, 0.25) is 0 Å². The van der Waals surface area contributed by atoms with E-state index >= 15 is 0 Å². The topological polar surface area (TPSA) is 87.4 Å². The second-order valence-electron chi connectivity index (χ2n) is 4.77. The van der Waals surface area contributed by atoms with E-state index in [4.69, 9.17) is 5.73 Å². The van der Waals surface area contributed by atoms with E-state index in [9.17, 15) is 0 Å². The van der Waals surface area contributed by atoms with Crippen LogP contribution in [0.4, 0.5) is 5.69 Å². The lowest BCUT2D eigenvalue weighted by atomic mass is 10.4. The third-order valence-corrected chi connectivity index (χ3v) is 4.18. The van der Waals surface area contributed by atoms with Gasteiger partial charge in [0.15, 0.2) is 0 Å². The van der Waals surface area contributed by atoms with E-state index < -0.39 is 0 Å². The molecule has 2 aromatic heterocycles. The molecule has 1 aliphatic rings. The van der Waals surface area contributed by atoms with Gasteiger partial charge in [0.1, 0.15) is 5.03 Å². The van der Waals surface area contributed by atoms with Crippen LogP contribution in [0.1, 0.15) is 37.9 Å². The van der Waals surface area contributed by atoms with Crippen LogP contribution >= 0.6 is 11.8 Å². The summed E-state index contributed by atoms with van der Waals surface area (Å²) in [5.41, 5.74) is 7.70. The summed E-state index contributed by atoms with van der Waals surface area (Å²) in [6, 6.07) is 0.461. The number of tetrazole rings is 1. The van der Waals surface area contributed by atoms with Crippen LogP contribution in [-0.4, -0.2) is 30.0 Å². The summed E-state index contributed by atoms with van der Waals surface area (Å²) in [5.74, 6) is 0. The number of rotatable bonds is 5. The molecule has 8 heteroatoms. The summed E-state index contributed by atoms with van der Waals surface area (Å²) in [5, 5.41) is 18.1. The number of hydrogen-bond acceptors (Lipinski definition) is 6. The first-order valence-electron chi connectivity index (χ1n) is 6.49. The molecule has 0 saturated heterocycles. The van der Waals surface area contributed by atoms with Crippen LogP contribution in [-0.2, 0) is 6.54 Å². The Labute approximate surface area is 115 Å². The minimum atomic E-state index is 0.461. The first-order chi connectivity index (χ1) is 9.20. The molecular formula is C11H17N7S. The SMILES string of the molecule is CCCn1nc(C)c(N)c1Sc1nnnn1C1CC1.